The van der Waals surface area contributed by atoms with E-state index in [1.54, 1.807) is 0 Å². The number of hydrogen-bond donors (Lipinski definition) is 2. The van der Waals surface area contributed by atoms with E-state index in [0.29, 0.717) is 42.7 Å². The molecule has 2 rings (SSSR count). The van der Waals surface area contributed by atoms with E-state index < -0.39 is 15.5 Å². The lowest BCUT2D eigenvalue weighted by atomic mass is 9.98. The number of halogens is 4. The molecule has 1 aromatic rings. The third-order valence-electron chi connectivity index (χ3n) is 5.02. The van der Waals surface area contributed by atoms with E-state index in [4.69, 9.17) is 0 Å². The van der Waals surface area contributed by atoms with E-state index in [0.717, 1.165) is 12.0 Å². The number of nitrogens with one attached hydrogen (secondary N) is 2. The Morgan fingerprint density at radius 3 is 2.27 bits per heavy atom. The predicted molar refractivity (Wildman–Crippen MR) is 123 cm³/mol. The van der Waals surface area contributed by atoms with Crippen LogP contribution in [0.25, 0.3) is 0 Å². The van der Waals surface area contributed by atoms with Gasteiger partial charge >= 0.3 is 15.5 Å². The van der Waals surface area contributed by atoms with E-state index in [-0.39, 0.29) is 43.0 Å². The molecule has 2 N–H and O–H groups in total. The van der Waals surface area contributed by atoms with Crippen LogP contribution in [-0.4, -0.2) is 50.4 Å². The minimum Gasteiger partial charge on any atom is -0.357 e. The summed E-state index contributed by atoms with van der Waals surface area (Å²) < 4.78 is 61.5. The highest BCUT2D eigenvalue weighted by molar-refractivity contribution is 14.0. The van der Waals surface area contributed by atoms with Crippen molar-refractivity contribution in [2.75, 3.05) is 26.2 Å². The first-order valence-electron chi connectivity index (χ1n) is 9.84. The Bertz CT molecular complexity index is 795. The van der Waals surface area contributed by atoms with Crippen molar-refractivity contribution in [1.29, 1.82) is 0 Å². The summed E-state index contributed by atoms with van der Waals surface area (Å²) in [6, 6.07) is 8.10. The zero-order valence-electron chi connectivity index (χ0n) is 17.2. The van der Waals surface area contributed by atoms with Gasteiger partial charge < -0.3 is 10.6 Å². The first-order chi connectivity index (χ1) is 13.7. The van der Waals surface area contributed by atoms with Crippen molar-refractivity contribution < 1.29 is 21.6 Å². The molecule has 30 heavy (non-hydrogen) atoms. The molecular weight excluding hydrogens is 532 g/mol. The fraction of sp³-hybridized carbons (Fsp3) is 0.632. The second kappa shape index (κ2) is 12.1. The maximum Gasteiger partial charge on any atom is 0.511 e. The Morgan fingerprint density at radius 2 is 1.73 bits per heavy atom. The zero-order valence-corrected chi connectivity index (χ0v) is 20.4. The van der Waals surface area contributed by atoms with Crippen LogP contribution in [0.4, 0.5) is 13.2 Å². The topological polar surface area (TPSA) is 73.8 Å². The molecule has 1 heterocycles. The predicted octanol–water partition coefficient (Wildman–Crippen LogP) is 3.48. The lowest BCUT2D eigenvalue weighted by molar-refractivity contribution is -0.0496. The number of rotatable bonds is 7. The van der Waals surface area contributed by atoms with E-state index >= 15 is 0 Å². The van der Waals surface area contributed by atoms with Gasteiger partial charge in [0.1, 0.15) is 0 Å². The van der Waals surface area contributed by atoms with Crippen LogP contribution in [0.2, 0.25) is 0 Å². The Labute approximate surface area is 193 Å². The van der Waals surface area contributed by atoms with Gasteiger partial charge in [-0.05, 0) is 43.2 Å². The summed E-state index contributed by atoms with van der Waals surface area (Å²) in [5.41, 5.74) is -2.85. The number of piperidine rings is 1. The smallest absolute Gasteiger partial charge is 0.357 e. The molecule has 0 radical (unpaired) electrons. The van der Waals surface area contributed by atoms with Crippen LogP contribution >= 0.6 is 24.0 Å². The van der Waals surface area contributed by atoms with Crippen LogP contribution in [0.15, 0.2) is 29.3 Å². The van der Waals surface area contributed by atoms with E-state index in [1.807, 2.05) is 25.1 Å². The maximum absolute atomic E-state index is 12.7. The average Bonchev–Trinajstić information content (AvgIpc) is 2.69. The average molecular weight is 562 g/mol. The molecule has 0 saturated carbocycles. The molecule has 0 atom stereocenters. The summed E-state index contributed by atoms with van der Waals surface area (Å²) in [5, 5.41) is 6.40. The standard InChI is InChI=1S/C19H29F3N4O2S.HI/c1-3-16-7-5-6-8-17(16)14-25-18(23-4-2)24-13-15-9-11-26(12-10-15)29(27,28)19(20,21)22;/h5-8,15H,3-4,9-14H2,1-2H3,(H2,23,24,25);1H. The highest BCUT2D eigenvalue weighted by Gasteiger charge is 2.50. The van der Waals surface area contributed by atoms with Crippen LogP contribution in [0.5, 0.6) is 0 Å². The molecule has 0 bridgehead atoms. The number of sulfonamides is 1. The van der Waals surface area contributed by atoms with Gasteiger partial charge in [0.25, 0.3) is 0 Å². The number of alkyl halides is 3. The molecule has 0 aromatic heterocycles. The van der Waals surface area contributed by atoms with Gasteiger partial charge in [0.2, 0.25) is 0 Å². The van der Waals surface area contributed by atoms with Gasteiger partial charge in [-0.25, -0.2) is 13.4 Å². The monoisotopic (exact) mass is 562 g/mol. The molecule has 0 aliphatic carbocycles. The molecule has 6 nitrogen and oxygen atoms in total. The summed E-state index contributed by atoms with van der Waals surface area (Å²) in [6.45, 7) is 5.55. The van der Waals surface area contributed by atoms with Gasteiger partial charge in [0.15, 0.2) is 5.96 Å². The Morgan fingerprint density at radius 1 is 1.13 bits per heavy atom. The van der Waals surface area contributed by atoms with Crippen molar-refractivity contribution in [3.05, 3.63) is 35.4 Å². The van der Waals surface area contributed by atoms with Gasteiger partial charge in [-0.15, -0.1) is 24.0 Å². The molecule has 1 aliphatic rings. The quantitative estimate of drug-likeness (QED) is 0.303. The second-order valence-corrected chi connectivity index (χ2v) is 8.92. The van der Waals surface area contributed by atoms with Gasteiger partial charge in [0.05, 0.1) is 6.54 Å². The van der Waals surface area contributed by atoms with E-state index in [2.05, 4.69) is 28.6 Å². The van der Waals surface area contributed by atoms with Crippen molar-refractivity contribution >= 4 is 40.0 Å². The van der Waals surface area contributed by atoms with Gasteiger partial charge in [-0.2, -0.15) is 17.5 Å². The van der Waals surface area contributed by atoms with Crippen molar-refractivity contribution in [3.63, 3.8) is 0 Å². The number of guanidine groups is 1. The first-order valence-corrected chi connectivity index (χ1v) is 11.3. The molecule has 0 unspecified atom stereocenters. The SMILES string of the molecule is CCNC(=NCc1ccccc1CC)NCC1CCN(S(=O)(=O)C(F)(F)F)CC1.I. The zero-order chi connectivity index (χ0) is 21.5. The fourth-order valence-electron chi connectivity index (χ4n) is 3.30. The molecule has 1 saturated heterocycles. The number of hydrogen-bond acceptors (Lipinski definition) is 3. The number of aryl methyl sites for hydroxylation is 1. The second-order valence-electron chi connectivity index (χ2n) is 6.99. The van der Waals surface area contributed by atoms with Crippen LogP contribution in [0.1, 0.15) is 37.8 Å². The molecular formula is C19H30F3IN4O2S. The molecule has 1 aliphatic heterocycles. The third-order valence-corrected chi connectivity index (χ3v) is 6.65. The van der Waals surface area contributed by atoms with Gasteiger partial charge in [-0.3, -0.25) is 0 Å². The van der Waals surface area contributed by atoms with Crippen molar-refractivity contribution in [3.8, 4) is 0 Å². The van der Waals surface area contributed by atoms with Gasteiger partial charge in [0, 0.05) is 26.2 Å². The summed E-state index contributed by atoms with van der Waals surface area (Å²) in [5.74, 6) is 0.727. The summed E-state index contributed by atoms with van der Waals surface area (Å²) in [7, 11) is -5.23. The van der Waals surface area contributed by atoms with Crippen LogP contribution in [0.3, 0.4) is 0 Å². The normalized spacial score (nSPS) is 16.8. The minimum atomic E-state index is -5.24. The molecule has 1 aromatic carbocycles. The Balaban J connectivity index is 0.00000450. The summed E-state index contributed by atoms with van der Waals surface area (Å²) in [6.07, 6.45) is 1.68. The third kappa shape index (κ3) is 7.26. The maximum atomic E-state index is 12.7. The minimum absolute atomic E-state index is 0. The number of benzene rings is 1. The molecule has 0 spiro atoms. The highest BCUT2D eigenvalue weighted by atomic mass is 127. The summed E-state index contributed by atoms with van der Waals surface area (Å²) >= 11 is 0. The lowest BCUT2D eigenvalue weighted by Crippen LogP contribution is -2.47. The van der Waals surface area contributed by atoms with Crippen LogP contribution < -0.4 is 10.6 Å². The highest BCUT2D eigenvalue weighted by Crippen LogP contribution is 2.30. The Kier molecular flexibility index (Phi) is 10.9. The largest absolute Gasteiger partial charge is 0.511 e. The van der Waals surface area contributed by atoms with Crippen LogP contribution in [0, 0.1) is 5.92 Å². The summed E-state index contributed by atoms with van der Waals surface area (Å²) in [4.78, 5) is 4.60. The number of aliphatic imine (C=N–C) groups is 1. The first kappa shape index (κ1) is 27.0. The molecule has 1 fully saturated rings. The number of nitrogens with zero attached hydrogens (tertiary/aromatic N) is 2. The van der Waals surface area contributed by atoms with Crippen molar-refractivity contribution in [2.45, 2.75) is 45.2 Å². The molecule has 0 amide bonds. The van der Waals surface area contributed by atoms with E-state index in [1.165, 1.54) is 5.56 Å². The molecule has 172 valence electrons. The fourth-order valence-corrected chi connectivity index (χ4v) is 4.29. The van der Waals surface area contributed by atoms with Crippen molar-refractivity contribution in [2.24, 2.45) is 10.9 Å². The van der Waals surface area contributed by atoms with Crippen molar-refractivity contribution in [1.82, 2.24) is 14.9 Å². The van der Waals surface area contributed by atoms with E-state index in [9.17, 15) is 21.6 Å². The molecule has 11 heteroatoms. The van der Waals surface area contributed by atoms with Gasteiger partial charge in [-0.1, -0.05) is 31.2 Å². The van der Waals surface area contributed by atoms with Crippen LogP contribution in [-0.2, 0) is 23.0 Å². The lowest BCUT2D eigenvalue weighted by Gasteiger charge is -2.31. The Hall–Kier alpha value is -1.08.